The molecule has 0 aliphatic carbocycles. The van der Waals surface area contributed by atoms with Crippen LogP contribution in [0.15, 0.2) is 39.9 Å². The van der Waals surface area contributed by atoms with Crippen LogP contribution in [0.5, 0.6) is 0 Å². The first kappa shape index (κ1) is 19.1. The number of carbonyl (C=O) groups is 1. The molecule has 0 aromatic heterocycles. The number of ether oxygens (including phenoxy) is 1. The molecule has 144 valence electrons. The minimum atomic E-state index is -0.456. The molecule has 1 aliphatic heterocycles. The van der Waals surface area contributed by atoms with Crippen LogP contribution < -0.4 is 21.1 Å². The van der Waals surface area contributed by atoms with Gasteiger partial charge < -0.3 is 15.0 Å². The minimum absolute atomic E-state index is 0.224. The zero-order valence-electron chi connectivity index (χ0n) is 15.7. The number of benzene rings is 1. The third-order valence-electron chi connectivity index (χ3n) is 5.03. The van der Waals surface area contributed by atoms with Gasteiger partial charge in [-0.15, -0.1) is 0 Å². The molecule has 1 N–H and O–H groups in total. The summed E-state index contributed by atoms with van der Waals surface area (Å²) in [6.45, 7) is 3.88. The van der Waals surface area contributed by atoms with Crippen LogP contribution in [0.25, 0.3) is 0 Å². The monoisotopic (exact) mass is 370 g/mol. The molecule has 6 nitrogen and oxygen atoms in total. The number of anilines is 2. The Morgan fingerprint density at radius 3 is 2.74 bits per heavy atom. The predicted octanol–water partition coefficient (Wildman–Crippen LogP) is 2.11. The van der Waals surface area contributed by atoms with Crippen LogP contribution in [0.1, 0.15) is 31.7 Å². The second-order valence-corrected chi connectivity index (χ2v) is 6.93. The van der Waals surface area contributed by atoms with Crippen molar-refractivity contribution in [3.05, 3.63) is 56.3 Å². The number of esters is 1. The third-order valence-corrected chi connectivity index (χ3v) is 5.03. The lowest BCUT2D eigenvalue weighted by Gasteiger charge is -2.34. The quantitative estimate of drug-likeness (QED) is 0.436. The largest absolute Gasteiger partial charge is 0.466 e. The molecule has 27 heavy (non-hydrogen) atoms. The fourth-order valence-electron chi connectivity index (χ4n) is 3.63. The molecule has 1 saturated heterocycles. The van der Waals surface area contributed by atoms with E-state index in [1.54, 1.807) is 6.92 Å². The SMILES string of the molecule is CCOC(=O)[C@H]1CCCN(c2c(NCCCc3ccccc3)c(=O)c2=O)C1. The molecular weight excluding hydrogens is 344 g/mol. The highest BCUT2D eigenvalue weighted by Crippen LogP contribution is 2.27. The number of hydrogen-bond acceptors (Lipinski definition) is 6. The molecule has 0 saturated carbocycles. The second kappa shape index (κ2) is 8.84. The molecule has 1 aliphatic rings. The highest BCUT2D eigenvalue weighted by molar-refractivity contribution is 5.78. The van der Waals surface area contributed by atoms with Crippen molar-refractivity contribution in [2.24, 2.45) is 5.92 Å². The number of aryl methyl sites for hydroxylation is 1. The van der Waals surface area contributed by atoms with E-state index in [9.17, 15) is 14.4 Å². The lowest BCUT2D eigenvalue weighted by molar-refractivity contribution is -0.148. The first-order valence-electron chi connectivity index (χ1n) is 9.64. The van der Waals surface area contributed by atoms with E-state index in [2.05, 4.69) is 17.4 Å². The summed E-state index contributed by atoms with van der Waals surface area (Å²) >= 11 is 0. The van der Waals surface area contributed by atoms with Crippen molar-refractivity contribution in [1.82, 2.24) is 0 Å². The summed E-state index contributed by atoms with van der Waals surface area (Å²) in [6, 6.07) is 10.2. The van der Waals surface area contributed by atoms with Crippen molar-refractivity contribution in [3.8, 4) is 0 Å². The maximum Gasteiger partial charge on any atom is 0.310 e. The van der Waals surface area contributed by atoms with Crippen LogP contribution in [0.3, 0.4) is 0 Å². The van der Waals surface area contributed by atoms with Crippen molar-refractivity contribution >= 4 is 17.3 Å². The Balaban J connectivity index is 1.59. The third kappa shape index (κ3) is 4.38. The van der Waals surface area contributed by atoms with Gasteiger partial charge in [-0.1, -0.05) is 30.3 Å². The summed E-state index contributed by atoms with van der Waals surface area (Å²) in [4.78, 5) is 38.0. The lowest BCUT2D eigenvalue weighted by Crippen LogP contribution is -2.47. The summed E-state index contributed by atoms with van der Waals surface area (Å²) < 4.78 is 5.11. The summed E-state index contributed by atoms with van der Waals surface area (Å²) in [5.41, 5.74) is 1.18. The van der Waals surface area contributed by atoms with E-state index in [-0.39, 0.29) is 11.9 Å². The van der Waals surface area contributed by atoms with Gasteiger partial charge in [0.1, 0.15) is 11.4 Å². The van der Waals surface area contributed by atoms with E-state index in [1.807, 2.05) is 23.1 Å². The van der Waals surface area contributed by atoms with Crippen LogP contribution >= 0.6 is 0 Å². The van der Waals surface area contributed by atoms with Crippen LogP contribution in [0.4, 0.5) is 11.4 Å². The zero-order chi connectivity index (χ0) is 19.2. The Hall–Kier alpha value is -2.63. The molecule has 2 aromatic rings. The van der Waals surface area contributed by atoms with Crippen molar-refractivity contribution < 1.29 is 9.53 Å². The van der Waals surface area contributed by atoms with Gasteiger partial charge in [0, 0.05) is 19.6 Å². The van der Waals surface area contributed by atoms with E-state index in [4.69, 9.17) is 4.74 Å². The van der Waals surface area contributed by atoms with E-state index >= 15 is 0 Å². The highest BCUT2D eigenvalue weighted by Gasteiger charge is 2.32. The Labute approximate surface area is 158 Å². The summed E-state index contributed by atoms with van der Waals surface area (Å²) in [6.07, 6.45) is 3.33. The van der Waals surface area contributed by atoms with Crippen molar-refractivity contribution in [2.75, 3.05) is 36.5 Å². The second-order valence-electron chi connectivity index (χ2n) is 6.93. The normalized spacial score (nSPS) is 17.1. The van der Waals surface area contributed by atoms with Crippen molar-refractivity contribution in [2.45, 2.75) is 32.6 Å². The van der Waals surface area contributed by atoms with E-state index in [1.165, 1.54) is 5.56 Å². The van der Waals surface area contributed by atoms with Gasteiger partial charge in [-0.2, -0.15) is 0 Å². The summed E-state index contributed by atoms with van der Waals surface area (Å²) in [5, 5.41) is 3.14. The fraction of sp³-hybridized carbons (Fsp3) is 0.476. The predicted molar refractivity (Wildman–Crippen MR) is 106 cm³/mol. The van der Waals surface area contributed by atoms with Crippen molar-refractivity contribution in [1.29, 1.82) is 0 Å². The van der Waals surface area contributed by atoms with Gasteiger partial charge in [-0.3, -0.25) is 14.4 Å². The molecule has 0 spiro atoms. The fourth-order valence-corrected chi connectivity index (χ4v) is 3.63. The Morgan fingerprint density at radius 2 is 2.00 bits per heavy atom. The van der Waals surface area contributed by atoms with Crippen LogP contribution in [-0.2, 0) is 16.0 Å². The smallest absolute Gasteiger partial charge is 0.310 e. The number of piperidine rings is 1. The van der Waals surface area contributed by atoms with Crippen LogP contribution in [0.2, 0.25) is 0 Å². The Kier molecular flexibility index (Phi) is 6.27. The number of carbonyl (C=O) groups excluding carboxylic acids is 1. The van der Waals surface area contributed by atoms with E-state index in [0.29, 0.717) is 37.6 Å². The molecule has 0 unspecified atom stereocenters. The molecule has 1 atom stereocenters. The van der Waals surface area contributed by atoms with Gasteiger partial charge >= 0.3 is 5.97 Å². The lowest BCUT2D eigenvalue weighted by atomic mass is 9.96. The molecular formula is C21H26N2O4. The molecule has 1 heterocycles. The number of nitrogens with zero attached hydrogens (tertiary/aromatic N) is 1. The number of rotatable bonds is 8. The molecule has 6 heteroatoms. The van der Waals surface area contributed by atoms with Gasteiger partial charge in [0.2, 0.25) is 0 Å². The summed E-state index contributed by atoms with van der Waals surface area (Å²) in [7, 11) is 0. The van der Waals surface area contributed by atoms with Gasteiger partial charge in [-0.05, 0) is 38.2 Å². The molecule has 0 radical (unpaired) electrons. The zero-order valence-corrected chi connectivity index (χ0v) is 15.7. The highest BCUT2D eigenvalue weighted by atomic mass is 16.5. The Bertz CT molecular complexity index is 840. The molecule has 0 bridgehead atoms. The van der Waals surface area contributed by atoms with Gasteiger partial charge in [0.25, 0.3) is 10.9 Å². The average Bonchev–Trinajstić information content (AvgIpc) is 2.70. The molecule has 2 aromatic carbocycles. The topological polar surface area (TPSA) is 75.7 Å². The average molecular weight is 370 g/mol. The van der Waals surface area contributed by atoms with Crippen molar-refractivity contribution in [3.63, 3.8) is 0 Å². The minimum Gasteiger partial charge on any atom is -0.466 e. The van der Waals surface area contributed by atoms with Gasteiger partial charge in [0.05, 0.1) is 12.5 Å². The molecule has 1 fully saturated rings. The van der Waals surface area contributed by atoms with E-state index in [0.717, 1.165) is 25.7 Å². The molecule has 3 rings (SSSR count). The number of hydrogen-bond donors (Lipinski definition) is 1. The maximum atomic E-state index is 12.1. The van der Waals surface area contributed by atoms with E-state index < -0.39 is 10.9 Å². The standard InChI is InChI=1S/C21H26N2O4/c1-2-27-21(26)16-11-7-13-23(14-16)18-17(19(24)20(18)25)22-12-6-10-15-8-4-3-5-9-15/h3-5,8-9,16,22H,2,6-7,10-14H2,1H3/t16-/m0/s1. The molecule has 0 amide bonds. The summed E-state index contributed by atoms with van der Waals surface area (Å²) in [5.74, 6) is -0.465. The van der Waals surface area contributed by atoms with Gasteiger partial charge in [0.15, 0.2) is 0 Å². The first-order valence-corrected chi connectivity index (χ1v) is 9.64. The Morgan fingerprint density at radius 1 is 1.22 bits per heavy atom. The first-order chi connectivity index (χ1) is 13.1. The van der Waals surface area contributed by atoms with Crippen LogP contribution in [0, 0.1) is 5.92 Å². The van der Waals surface area contributed by atoms with Crippen LogP contribution in [-0.4, -0.2) is 32.2 Å². The maximum absolute atomic E-state index is 12.1. The van der Waals surface area contributed by atoms with Gasteiger partial charge in [-0.25, -0.2) is 0 Å². The number of nitrogens with one attached hydrogen (secondary N) is 1.